The average molecular weight is 492 g/mol. The smallest absolute Gasteiger partial charge is 0.251 e. The molecule has 1 aromatic carbocycles. The minimum Gasteiger partial charge on any atom is -0.381 e. The zero-order valence-corrected chi connectivity index (χ0v) is 20.5. The zero-order chi connectivity index (χ0) is 25.2. The average Bonchev–Trinajstić information content (AvgIpc) is 3.14. The standard InChI is InChI=1S/C27H33N5O4/c1-16(33)18-3-7-25(29-15-18)32-21-4-5-22(32)14-20(13-21)31-27(35)17-2-6-23(26(28)34)24(12-17)30-19-8-10-36-11-9-19/h2-3,6-7,12,15,19-22,30H,4-5,8-11,13-14H2,1H3,(H2,28,34)(H,31,35). The number of nitrogens with one attached hydrogen (secondary N) is 2. The monoisotopic (exact) mass is 491 g/mol. The van der Waals surface area contributed by atoms with Gasteiger partial charge < -0.3 is 26.0 Å². The Kier molecular flexibility index (Phi) is 6.91. The van der Waals surface area contributed by atoms with Gasteiger partial charge in [-0.2, -0.15) is 0 Å². The number of nitrogens with zero attached hydrogens (tertiary/aromatic N) is 2. The highest BCUT2D eigenvalue weighted by molar-refractivity contribution is 6.02. The van der Waals surface area contributed by atoms with Crippen molar-refractivity contribution in [2.24, 2.45) is 5.73 Å². The van der Waals surface area contributed by atoms with Crippen LogP contribution in [0.5, 0.6) is 0 Å². The number of carbonyl (C=O) groups is 3. The van der Waals surface area contributed by atoms with E-state index in [0.29, 0.717) is 47.7 Å². The minimum absolute atomic E-state index is 0.00780. The number of hydrogen-bond donors (Lipinski definition) is 3. The summed E-state index contributed by atoms with van der Waals surface area (Å²) in [5.41, 5.74) is 7.68. The minimum atomic E-state index is -0.523. The van der Waals surface area contributed by atoms with Gasteiger partial charge >= 0.3 is 0 Å². The molecular formula is C27H33N5O4. The molecule has 5 rings (SSSR count). The first kappa shape index (κ1) is 24.2. The second-order valence-electron chi connectivity index (χ2n) is 10.1. The van der Waals surface area contributed by atoms with Gasteiger partial charge in [0, 0.05) is 60.4 Å². The van der Waals surface area contributed by atoms with Crippen LogP contribution in [0.1, 0.15) is 76.5 Å². The van der Waals surface area contributed by atoms with E-state index >= 15 is 0 Å². The highest BCUT2D eigenvalue weighted by atomic mass is 16.5. The summed E-state index contributed by atoms with van der Waals surface area (Å²) in [6.07, 6.45) is 7.10. The molecule has 190 valence electrons. The van der Waals surface area contributed by atoms with Crippen molar-refractivity contribution >= 4 is 29.1 Å². The van der Waals surface area contributed by atoms with Crippen LogP contribution in [0.2, 0.25) is 0 Å². The number of nitrogens with two attached hydrogens (primary N) is 1. The first-order chi connectivity index (χ1) is 17.4. The van der Waals surface area contributed by atoms with Gasteiger partial charge in [-0.3, -0.25) is 14.4 Å². The molecule has 2 amide bonds. The van der Waals surface area contributed by atoms with Crippen molar-refractivity contribution in [3.63, 3.8) is 0 Å². The van der Waals surface area contributed by atoms with Crippen molar-refractivity contribution in [3.8, 4) is 0 Å². The summed E-state index contributed by atoms with van der Waals surface area (Å²) >= 11 is 0. The Morgan fingerprint density at radius 2 is 1.67 bits per heavy atom. The highest BCUT2D eigenvalue weighted by Gasteiger charge is 2.41. The lowest BCUT2D eigenvalue weighted by molar-refractivity contribution is 0.0902. The fourth-order valence-electron chi connectivity index (χ4n) is 5.77. The molecule has 1 aromatic heterocycles. The number of fused-ring (bicyclic) bond motifs is 2. The third kappa shape index (κ3) is 5.06. The van der Waals surface area contributed by atoms with Gasteiger partial charge in [0.25, 0.3) is 11.8 Å². The van der Waals surface area contributed by atoms with E-state index in [1.807, 2.05) is 12.1 Å². The number of Topliss-reactive ketones (excluding diaryl/α,β-unsaturated/α-hetero) is 1. The number of aromatic nitrogens is 1. The number of benzene rings is 1. The zero-order valence-electron chi connectivity index (χ0n) is 20.5. The molecule has 9 nitrogen and oxygen atoms in total. The molecule has 2 aromatic rings. The summed E-state index contributed by atoms with van der Waals surface area (Å²) in [5, 5.41) is 6.61. The number of carbonyl (C=O) groups excluding carboxylic acids is 3. The maximum absolute atomic E-state index is 13.2. The third-order valence-electron chi connectivity index (χ3n) is 7.62. The van der Waals surface area contributed by atoms with Crippen LogP contribution in [-0.4, -0.2) is 60.0 Å². The van der Waals surface area contributed by atoms with E-state index in [1.54, 1.807) is 31.3 Å². The molecular weight excluding hydrogens is 458 g/mol. The third-order valence-corrected chi connectivity index (χ3v) is 7.62. The van der Waals surface area contributed by atoms with Crippen LogP contribution in [0.25, 0.3) is 0 Å². The number of ether oxygens (including phenoxy) is 1. The molecule has 3 aliphatic heterocycles. The summed E-state index contributed by atoms with van der Waals surface area (Å²) < 4.78 is 5.42. The van der Waals surface area contributed by atoms with Gasteiger partial charge in [-0.1, -0.05) is 0 Å². The summed E-state index contributed by atoms with van der Waals surface area (Å²) in [4.78, 5) is 43.6. The first-order valence-electron chi connectivity index (χ1n) is 12.7. The van der Waals surface area contributed by atoms with Crippen molar-refractivity contribution in [2.45, 2.75) is 69.6 Å². The maximum atomic E-state index is 13.2. The van der Waals surface area contributed by atoms with Gasteiger partial charge in [-0.25, -0.2) is 4.98 Å². The predicted molar refractivity (Wildman–Crippen MR) is 136 cm³/mol. The molecule has 9 heteroatoms. The Morgan fingerprint density at radius 3 is 2.28 bits per heavy atom. The van der Waals surface area contributed by atoms with E-state index in [9.17, 15) is 14.4 Å². The largest absolute Gasteiger partial charge is 0.381 e. The highest BCUT2D eigenvalue weighted by Crippen LogP contribution is 2.38. The van der Waals surface area contributed by atoms with Gasteiger partial charge in [0.1, 0.15) is 5.82 Å². The summed E-state index contributed by atoms with van der Waals surface area (Å²) in [7, 11) is 0. The number of pyridine rings is 1. The van der Waals surface area contributed by atoms with Gasteiger partial charge in [0.2, 0.25) is 0 Å². The van der Waals surface area contributed by atoms with Crippen molar-refractivity contribution in [1.29, 1.82) is 0 Å². The lowest BCUT2D eigenvalue weighted by Gasteiger charge is -2.40. The lowest BCUT2D eigenvalue weighted by atomic mass is 9.96. The number of amides is 2. The molecule has 0 aliphatic carbocycles. The van der Waals surface area contributed by atoms with Crippen LogP contribution in [-0.2, 0) is 4.74 Å². The van der Waals surface area contributed by atoms with Gasteiger partial charge in [-0.15, -0.1) is 0 Å². The van der Waals surface area contributed by atoms with Crippen molar-refractivity contribution in [3.05, 3.63) is 53.2 Å². The molecule has 36 heavy (non-hydrogen) atoms. The molecule has 0 spiro atoms. The summed E-state index contributed by atoms with van der Waals surface area (Å²) in [6.45, 7) is 2.88. The lowest BCUT2D eigenvalue weighted by Crippen LogP contribution is -2.50. The van der Waals surface area contributed by atoms with Crippen molar-refractivity contribution < 1.29 is 19.1 Å². The van der Waals surface area contributed by atoms with E-state index < -0.39 is 5.91 Å². The fourth-order valence-corrected chi connectivity index (χ4v) is 5.77. The molecule has 2 bridgehead atoms. The van der Waals surface area contributed by atoms with Crippen molar-refractivity contribution in [1.82, 2.24) is 10.3 Å². The van der Waals surface area contributed by atoms with Crippen LogP contribution in [0, 0.1) is 0 Å². The maximum Gasteiger partial charge on any atom is 0.251 e. The number of piperidine rings is 1. The second kappa shape index (κ2) is 10.3. The molecule has 3 fully saturated rings. The van der Waals surface area contributed by atoms with Gasteiger partial charge in [0.05, 0.1) is 5.56 Å². The number of primary amides is 1. The Bertz CT molecular complexity index is 1130. The Hall–Kier alpha value is -3.46. The van der Waals surface area contributed by atoms with Crippen LogP contribution in [0.4, 0.5) is 11.5 Å². The molecule has 3 saturated heterocycles. The number of rotatable bonds is 7. The molecule has 0 saturated carbocycles. The Balaban J connectivity index is 1.26. The normalized spacial score (nSPS) is 23.8. The van der Waals surface area contributed by atoms with Crippen LogP contribution in [0.15, 0.2) is 36.5 Å². The topological polar surface area (TPSA) is 127 Å². The van der Waals surface area contributed by atoms with Gasteiger partial charge in [0.15, 0.2) is 5.78 Å². The Morgan fingerprint density at radius 1 is 0.972 bits per heavy atom. The SMILES string of the molecule is CC(=O)c1ccc(N2C3CCC2CC(NC(=O)c2ccc(C(N)=O)c(NC4CCOCC4)c2)C3)nc1. The van der Waals surface area contributed by atoms with E-state index in [4.69, 9.17) is 10.5 Å². The van der Waals surface area contributed by atoms with E-state index in [0.717, 1.165) is 44.3 Å². The molecule has 4 N–H and O–H groups in total. The summed E-state index contributed by atoms with van der Waals surface area (Å²) in [6, 6.07) is 9.61. The number of ketones is 1. The van der Waals surface area contributed by atoms with E-state index in [2.05, 4.69) is 20.5 Å². The quantitative estimate of drug-likeness (QED) is 0.508. The second-order valence-corrected chi connectivity index (χ2v) is 10.1. The number of hydrogen-bond acceptors (Lipinski definition) is 7. The number of anilines is 2. The van der Waals surface area contributed by atoms with Crippen LogP contribution >= 0.6 is 0 Å². The Labute approximate surface area is 210 Å². The van der Waals surface area contributed by atoms with Gasteiger partial charge in [-0.05, 0) is 75.8 Å². The molecule has 3 aliphatic rings. The summed E-state index contributed by atoms with van der Waals surface area (Å²) in [5.74, 6) is 0.227. The van der Waals surface area contributed by atoms with Crippen LogP contribution in [0.3, 0.4) is 0 Å². The van der Waals surface area contributed by atoms with E-state index in [-0.39, 0.29) is 23.8 Å². The molecule has 4 heterocycles. The fraction of sp³-hybridized carbons (Fsp3) is 0.481. The first-order valence-corrected chi connectivity index (χ1v) is 12.7. The van der Waals surface area contributed by atoms with E-state index in [1.165, 1.54) is 0 Å². The predicted octanol–water partition coefficient (Wildman–Crippen LogP) is 2.90. The van der Waals surface area contributed by atoms with Crippen molar-refractivity contribution in [2.75, 3.05) is 23.4 Å². The molecule has 2 unspecified atom stereocenters. The van der Waals surface area contributed by atoms with Crippen LogP contribution < -0.4 is 21.3 Å². The molecule has 0 radical (unpaired) electrons. The molecule has 2 atom stereocenters.